The zero-order valence-electron chi connectivity index (χ0n) is 34.3. The molecule has 5 aromatic carbocycles. The topological polar surface area (TPSA) is 40.5 Å². The van der Waals surface area contributed by atoms with E-state index >= 15 is 0 Å². The van der Waals surface area contributed by atoms with Gasteiger partial charge < -0.3 is 10.2 Å². The standard InChI is InChI=1S/C18H15P.2C14H22O.CH3.Al.Ru.2H/c1-4-10-16(11-5-1)19(17-12-6-2-7-13-17)18-14-8-3-9-15-18;2*1-13(2,3)10-8-7-9-11(12(10)15)14(4,5)6;;;;;/h1-15H;2*7-9,15H,1-6H3;1H3;;;;. The molecule has 0 atom stereocenters. The summed E-state index contributed by atoms with van der Waals surface area (Å²) in [5, 5.41) is 24.7. The summed E-state index contributed by atoms with van der Waals surface area (Å²) in [6.45, 7) is 25.4. The van der Waals surface area contributed by atoms with Gasteiger partial charge >= 0.3 is 0 Å². The predicted octanol–water partition coefficient (Wildman–Crippen LogP) is 11.1. The van der Waals surface area contributed by atoms with Crippen molar-refractivity contribution in [2.24, 2.45) is 0 Å². The number of phenols is 2. The molecular weight excluding hydrogens is 756 g/mol. The fourth-order valence-electron chi connectivity index (χ4n) is 5.69. The number of hydrogen-bond acceptors (Lipinski definition) is 2. The second-order valence-electron chi connectivity index (χ2n) is 16.7. The summed E-state index contributed by atoms with van der Waals surface area (Å²) in [7, 11) is -0.446. The summed E-state index contributed by atoms with van der Waals surface area (Å²) in [6, 6.07) is 44.4. The van der Waals surface area contributed by atoms with Crippen LogP contribution in [0.4, 0.5) is 0 Å². The SMILES string of the molecule is CC(C)(C)c1cccc(C(C)(C)C)c1O.CC(C)(C)c1cccc(C(C)(C)C)c1O.[CH3][AlH2].[Ru].c1ccc(P(c2ccccc2)c2ccccc2)cc1. The van der Waals surface area contributed by atoms with Crippen molar-refractivity contribution < 1.29 is 29.7 Å². The minimum absolute atomic E-state index is 0. The van der Waals surface area contributed by atoms with Crippen LogP contribution in [0.2, 0.25) is 5.79 Å². The molecule has 280 valence electrons. The first-order valence-corrected chi connectivity index (χ1v) is 21.7. The third-order valence-electron chi connectivity index (χ3n) is 8.35. The van der Waals surface area contributed by atoms with Gasteiger partial charge in [-0.2, -0.15) is 0 Å². The van der Waals surface area contributed by atoms with Crippen molar-refractivity contribution in [1.29, 1.82) is 0 Å². The van der Waals surface area contributed by atoms with Crippen molar-refractivity contribution in [1.82, 2.24) is 0 Å². The molecule has 0 aliphatic rings. The van der Waals surface area contributed by atoms with Crippen LogP contribution in [0.1, 0.15) is 105 Å². The van der Waals surface area contributed by atoms with E-state index in [1.54, 1.807) is 0 Å². The Balaban J connectivity index is 0.000000381. The number of benzene rings is 5. The molecule has 0 radical (unpaired) electrons. The second-order valence-corrected chi connectivity index (χ2v) is 19.0. The summed E-state index contributed by atoms with van der Waals surface area (Å²) in [6.07, 6.45) is 0. The van der Waals surface area contributed by atoms with Crippen molar-refractivity contribution in [3.63, 3.8) is 0 Å². The van der Waals surface area contributed by atoms with Gasteiger partial charge in [-0.05, 0) is 67.7 Å². The van der Waals surface area contributed by atoms with E-state index in [0.717, 1.165) is 22.3 Å². The Morgan fingerprint density at radius 1 is 0.346 bits per heavy atom. The molecular formula is C47H64AlO2PRu. The van der Waals surface area contributed by atoms with E-state index in [2.05, 4.69) is 180 Å². The number of rotatable bonds is 3. The Labute approximate surface area is 339 Å². The molecule has 0 amide bonds. The van der Waals surface area contributed by atoms with Gasteiger partial charge in [0.1, 0.15) is 11.5 Å². The van der Waals surface area contributed by atoms with Crippen LogP contribution >= 0.6 is 7.92 Å². The molecule has 0 aromatic heterocycles. The average molecular weight is 820 g/mol. The van der Waals surface area contributed by atoms with Gasteiger partial charge in [-0.1, -0.05) is 210 Å². The first-order chi connectivity index (χ1) is 23.7. The molecule has 0 fully saturated rings. The molecule has 5 aromatic rings. The predicted molar refractivity (Wildman–Crippen MR) is 231 cm³/mol. The molecule has 0 heterocycles. The molecule has 0 bridgehead atoms. The van der Waals surface area contributed by atoms with Gasteiger partial charge in [0.15, 0.2) is 0 Å². The summed E-state index contributed by atoms with van der Waals surface area (Å²) in [5.74, 6) is 3.05. The number of hydrogen-bond donors (Lipinski definition) is 2. The van der Waals surface area contributed by atoms with Gasteiger partial charge in [-0.15, -0.1) is 5.79 Å². The fourth-order valence-corrected chi connectivity index (χ4v) is 7.99. The Bertz CT molecular complexity index is 1510. The smallest absolute Gasteiger partial charge is 0.207 e. The van der Waals surface area contributed by atoms with Gasteiger partial charge in [0.25, 0.3) is 0 Å². The van der Waals surface area contributed by atoms with Crippen molar-refractivity contribution in [2.75, 3.05) is 0 Å². The van der Waals surface area contributed by atoms with Crippen LogP contribution in [0.15, 0.2) is 127 Å². The van der Waals surface area contributed by atoms with Gasteiger partial charge in [0.05, 0.1) is 0 Å². The number of phenolic OH excluding ortho intramolecular Hbond substituents is 2. The minimum Gasteiger partial charge on any atom is -0.507 e. The van der Waals surface area contributed by atoms with E-state index in [-0.39, 0.29) is 41.1 Å². The molecule has 52 heavy (non-hydrogen) atoms. The summed E-state index contributed by atoms with van der Waals surface area (Å²) >= 11 is 1.31. The summed E-state index contributed by atoms with van der Waals surface area (Å²) < 4.78 is 0. The molecule has 5 heteroatoms. The molecule has 0 aliphatic heterocycles. The van der Waals surface area contributed by atoms with Crippen molar-refractivity contribution in [2.45, 2.75) is 111 Å². The zero-order valence-corrected chi connectivity index (χ0v) is 39.0. The normalized spacial score (nSPS) is 11.4. The van der Waals surface area contributed by atoms with Crippen LogP contribution in [-0.4, -0.2) is 26.5 Å². The quantitative estimate of drug-likeness (QED) is 0.141. The number of para-hydroxylation sites is 2. The summed E-state index contributed by atoms with van der Waals surface area (Å²) in [4.78, 5) is 0. The van der Waals surface area contributed by atoms with E-state index < -0.39 is 7.92 Å². The van der Waals surface area contributed by atoms with E-state index in [9.17, 15) is 10.2 Å². The van der Waals surface area contributed by atoms with Crippen molar-refractivity contribution in [3.05, 3.63) is 150 Å². The molecule has 0 unspecified atom stereocenters. The van der Waals surface area contributed by atoms with Gasteiger partial charge in [-0.3, -0.25) is 0 Å². The third-order valence-corrected chi connectivity index (χ3v) is 10.8. The third kappa shape index (κ3) is 13.9. The first kappa shape index (κ1) is 47.3. The molecule has 0 aliphatic carbocycles. The van der Waals surface area contributed by atoms with Crippen LogP contribution < -0.4 is 15.9 Å². The van der Waals surface area contributed by atoms with Gasteiger partial charge in [-0.25, -0.2) is 0 Å². The van der Waals surface area contributed by atoms with Gasteiger partial charge in [0, 0.05) is 19.5 Å². The Kier molecular flexibility index (Phi) is 18.8. The van der Waals surface area contributed by atoms with E-state index in [0.29, 0.717) is 11.5 Å². The molecule has 0 saturated heterocycles. The maximum atomic E-state index is 10.3. The molecule has 5 rings (SSSR count). The maximum Gasteiger partial charge on any atom is 0.207 e. The molecule has 0 spiro atoms. The Hall–Kier alpha value is -2.71. The summed E-state index contributed by atoms with van der Waals surface area (Å²) in [5.41, 5.74) is 4.06. The van der Waals surface area contributed by atoms with E-state index in [4.69, 9.17) is 0 Å². The van der Waals surface area contributed by atoms with Crippen LogP contribution in [0.3, 0.4) is 0 Å². The first-order valence-electron chi connectivity index (χ1n) is 18.3. The fraction of sp³-hybridized carbons (Fsp3) is 0.362. The van der Waals surface area contributed by atoms with Gasteiger partial charge in [0.2, 0.25) is 16.3 Å². The van der Waals surface area contributed by atoms with Crippen molar-refractivity contribution in [3.8, 4) is 11.5 Å². The Morgan fingerprint density at radius 2 is 0.538 bits per heavy atom. The van der Waals surface area contributed by atoms with Crippen LogP contribution in [0, 0.1) is 0 Å². The monoisotopic (exact) mass is 820 g/mol. The minimum atomic E-state index is -0.446. The Morgan fingerprint density at radius 3 is 0.712 bits per heavy atom. The second kappa shape index (κ2) is 20.7. The van der Waals surface area contributed by atoms with Crippen LogP contribution in [0.5, 0.6) is 11.5 Å². The number of aromatic hydroxyl groups is 2. The zero-order chi connectivity index (χ0) is 38.6. The van der Waals surface area contributed by atoms with Crippen LogP contribution in [0.25, 0.3) is 0 Å². The molecule has 2 nitrogen and oxygen atoms in total. The van der Waals surface area contributed by atoms with E-state index in [1.165, 1.54) is 32.2 Å². The van der Waals surface area contributed by atoms with E-state index in [1.807, 2.05) is 36.4 Å². The average Bonchev–Trinajstić information content (AvgIpc) is 3.06. The van der Waals surface area contributed by atoms with Crippen molar-refractivity contribution >= 4 is 40.1 Å². The molecule has 2 N–H and O–H groups in total. The molecule has 0 saturated carbocycles. The largest absolute Gasteiger partial charge is 0.507 e. The van der Waals surface area contributed by atoms with Crippen LogP contribution in [-0.2, 0) is 41.1 Å². The maximum absolute atomic E-state index is 10.3.